The van der Waals surface area contributed by atoms with Gasteiger partial charge in [-0.05, 0) is 30.4 Å². The van der Waals surface area contributed by atoms with Gasteiger partial charge in [-0.1, -0.05) is 37.1 Å². The minimum absolute atomic E-state index is 0.0524. The highest BCUT2D eigenvalue weighted by Crippen LogP contribution is 2.34. The fourth-order valence-electron chi connectivity index (χ4n) is 4.27. The summed E-state index contributed by atoms with van der Waals surface area (Å²) in [6.07, 6.45) is 5.21. The zero-order valence-electron chi connectivity index (χ0n) is 12.8. The summed E-state index contributed by atoms with van der Waals surface area (Å²) >= 11 is 0. The van der Waals surface area contributed by atoms with E-state index in [4.69, 9.17) is 0 Å². The number of hydrogen-bond donors (Lipinski definition) is 0. The molecule has 22 heavy (non-hydrogen) atoms. The van der Waals surface area contributed by atoms with Gasteiger partial charge in [-0.25, -0.2) is 0 Å². The Kier molecular flexibility index (Phi) is 3.40. The SMILES string of the molecule is O=C(C1CCCC1)N1CC(=O)N2CCc3ccccc3C2C1. The van der Waals surface area contributed by atoms with Gasteiger partial charge < -0.3 is 9.80 Å². The van der Waals surface area contributed by atoms with Crippen LogP contribution in [0.25, 0.3) is 0 Å². The van der Waals surface area contributed by atoms with Crippen molar-refractivity contribution >= 4 is 11.8 Å². The van der Waals surface area contributed by atoms with Crippen LogP contribution in [0.15, 0.2) is 24.3 Å². The molecule has 0 aromatic heterocycles. The Morgan fingerprint density at radius 3 is 2.73 bits per heavy atom. The van der Waals surface area contributed by atoms with Crippen molar-refractivity contribution in [1.29, 1.82) is 0 Å². The second-order valence-corrected chi connectivity index (χ2v) is 6.75. The van der Waals surface area contributed by atoms with Crippen LogP contribution < -0.4 is 0 Å². The number of nitrogens with zero attached hydrogens (tertiary/aromatic N) is 2. The van der Waals surface area contributed by atoms with E-state index >= 15 is 0 Å². The number of rotatable bonds is 1. The van der Waals surface area contributed by atoms with E-state index in [1.165, 1.54) is 11.1 Å². The Morgan fingerprint density at radius 2 is 1.91 bits per heavy atom. The molecule has 0 radical (unpaired) electrons. The Morgan fingerprint density at radius 1 is 1.14 bits per heavy atom. The van der Waals surface area contributed by atoms with Crippen molar-refractivity contribution in [1.82, 2.24) is 9.80 Å². The molecule has 0 N–H and O–H groups in total. The van der Waals surface area contributed by atoms with Crippen molar-refractivity contribution in [3.63, 3.8) is 0 Å². The molecule has 1 atom stereocenters. The highest BCUT2D eigenvalue weighted by atomic mass is 16.2. The van der Waals surface area contributed by atoms with Gasteiger partial charge in [0.25, 0.3) is 0 Å². The van der Waals surface area contributed by atoms with Crippen molar-refractivity contribution in [2.75, 3.05) is 19.6 Å². The van der Waals surface area contributed by atoms with Crippen LogP contribution in [0.4, 0.5) is 0 Å². The summed E-state index contributed by atoms with van der Waals surface area (Å²) in [5.74, 6) is 0.462. The first-order valence-electron chi connectivity index (χ1n) is 8.40. The lowest BCUT2D eigenvalue weighted by molar-refractivity contribution is -0.151. The van der Waals surface area contributed by atoms with Crippen LogP contribution in [-0.2, 0) is 16.0 Å². The molecule has 116 valence electrons. The van der Waals surface area contributed by atoms with E-state index in [9.17, 15) is 9.59 Å². The van der Waals surface area contributed by atoms with Crippen LogP contribution in [-0.4, -0.2) is 41.2 Å². The minimum atomic E-state index is 0.0524. The molecule has 1 saturated carbocycles. The summed E-state index contributed by atoms with van der Waals surface area (Å²) in [4.78, 5) is 29.0. The summed E-state index contributed by atoms with van der Waals surface area (Å²) < 4.78 is 0. The van der Waals surface area contributed by atoms with Gasteiger partial charge in [-0.15, -0.1) is 0 Å². The molecule has 1 saturated heterocycles. The Balaban J connectivity index is 1.60. The predicted octanol–water partition coefficient (Wildman–Crippen LogP) is 2.14. The molecule has 1 unspecified atom stereocenters. The van der Waals surface area contributed by atoms with Crippen molar-refractivity contribution in [3.05, 3.63) is 35.4 Å². The van der Waals surface area contributed by atoms with E-state index in [0.717, 1.165) is 38.6 Å². The number of fused-ring (bicyclic) bond motifs is 3. The van der Waals surface area contributed by atoms with E-state index < -0.39 is 0 Å². The number of hydrogen-bond acceptors (Lipinski definition) is 2. The standard InChI is InChI=1S/C18H22N2O2/c21-17-12-19(18(22)14-6-1-2-7-14)11-16-15-8-4-3-5-13(15)9-10-20(16)17/h3-5,8,14,16H,1-2,6-7,9-12H2. The summed E-state index contributed by atoms with van der Waals surface area (Å²) in [7, 11) is 0. The van der Waals surface area contributed by atoms with Gasteiger partial charge in [-0.3, -0.25) is 9.59 Å². The molecule has 4 rings (SSSR count). The monoisotopic (exact) mass is 298 g/mol. The molecular formula is C18H22N2O2. The van der Waals surface area contributed by atoms with Gasteiger partial charge in [0.15, 0.2) is 0 Å². The number of benzene rings is 1. The van der Waals surface area contributed by atoms with Crippen LogP contribution >= 0.6 is 0 Å². The van der Waals surface area contributed by atoms with Crippen molar-refractivity contribution in [2.24, 2.45) is 5.92 Å². The molecule has 1 aliphatic carbocycles. The third-order valence-electron chi connectivity index (χ3n) is 5.47. The summed E-state index contributed by atoms with van der Waals surface area (Å²) in [6, 6.07) is 8.40. The Hall–Kier alpha value is -1.84. The molecule has 2 amide bonds. The normalized spacial score (nSPS) is 25.1. The number of amides is 2. The smallest absolute Gasteiger partial charge is 0.242 e. The van der Waals surface area contributed by atoms with Crippen LogP contribution in [0.2, 0.25) is 0 Å². The lowest BCUT2D eigenvalue weighted by atomic mass is 9.90. The van der Waals surface area contributed by atoms with E-state index in [1.54, 1.807) is 0 Å². The molecule has 1 aromatic rings. The molecule has 2 heterocycles. The largest absolute Gasteiger partial charge is 0.332 e. The van der Waals surface area contributed by atoms with Gasteiger partial charge in [-0.2, -0.15) is 0 Å². The summed E-state index contributed by atoms with van der Waals surface area (Å²) in [5, 5.41) is 0. The maximum atomic E-state index is 12.7. The second kappa shape index (κ2) is 5.41. The van der Waals surface area contributed by atoms with E-state index in [0.29, 0.717) is 6.54 Å². The zero-order valence-corrected chi connectivity index (χ0v) is 12.8. The van der Waals surface area contributed by atoms with Crippen molar-refractivity contribution in [2.45, 2.75) is 38.1 Å². The molecule has 0 bridgehead atoms. The lowest BCUT2D eigenvalue weighted by Crippen LogP contribution is -2.56. The Labute approximate surface area is 131 Å². The molecule has 2 aliphatic heterocycles. The number of piperazine rings is 1. The molecular weight excluding hydrogens is 276 g/mol. The van der Waals surface area contributed by atoms with Gasteiger partial charge >= 0.3 is 0 Å². The molecule has 1 aromatic carbocycles. The lowest BCUT2D eigenvalue weighted by Gasteiger charge is -2.45. The van der Waals surface area contributed by atoms with E-state index in [1.807, 2.05) is 15.9 Å². The molecule has 2 fully saturated rings. The predicted molar refractivity (Wildman–Crippen MR) is 83.1 cm³/mol. The zero-order chi connectivity index (χ0) is 15.1. The third kappa shape index (κ3) is 2.21. The summed E-state index contributed by atoms with van der Waals surface area (Å²) in [6.45, 7) is 1.72. The quantitative estimate of drug-likeness (QED) is 0.797. The fraction of sp³-hybridized carbons (Fsp3) is 0.556. The minimum Gasteiger partial charge on any atom is -0.332 e. The third-order valence-corrected chi connectivity index (χ3v) is 5.47. The van der Waals surface area contributed by atoms with Gasteiger partial charge in [0.1, 0.15) is 0 Å². The van der Waals surface area contributed by atoms with Crippen LogP contribution in [0.5, 0.6) is 0 Å². The number of carbonyl (C=O) groups excluding carboxylic acids is 2. The highest BCUT2D eigenvalue weighted by Gasteiger charge is 2.40. The Bertz CT molecular complexity index is 607. The molecule has 0 spiro atoms. The first-order valence-corrected chi connectivity index (χ1v) is 8.40. The van der Waals surface area contributed by atoms with E-state index in [-0.39, 0.29) is 30.3 Å². The average Bonchev–Trinajstić information content (AvgIpc) is 3.08. The van der Waals surface area contributed by atoms with E-state index in [2.05, 4.69) is 18.2 Å². The van der Waals surface area contributed by atoms with Crippen molar-refractivity contribution in [3.8, 4) is 0 Å². The fourth-order valence-corrected chi connectivity index (χ4v) is 4.27. The second-order valence-electron chi connectivity index (χ2n) is 6.75. The van der Waals surface area contributed by atoms with Crippen LogP contribution in [0.1, 0.15) is 42.9 Å². The first kappa shape index (κ1) is 13.8. The molecule has 3 aliphatic rings. The van der Waals surface area contributed by atoms with Gasteiger partial charge in [0, 0.05) is 19.0 Å². The number of carbonyl (C=O) groups is 2. The molecule has 4 nitrogen and oxygen atoms in total. The van der Waals surface area contributed by atoms with Gasteiger partial charge in [0.05, 0.1) is 12.6 Å². The maximum Gasteiger partial charge on any atom is 0.242 e. The van der Waals surface area contributed by atoms with Gasteiger partial charge in [0.2, 0.25) is 11.8 Å². The topological polar surface area (TPSA) is 40.6 Å². The maximum absolute atomic E-state index is 12.7. The summed E-state index contributed by atoms with van der Waals surface area (Å²) in [5.41, 5.74) is 2.55. The van der Waals surface area contributed by atoms with Crippen molar-refractivity contribution < 1.29 is 9.59 Å². The highest BCUT2D eigenvalue weighted by molar-refractivity contribution is 5.88. The molecule has 4 heteroatoms. The van der Waals surface area contributed by atoms with Crippen LogP contribution in [0.3, 0.4) is 0 Å². The van der Waals surface area contributed by atoms with Crippen LogP contribution in [0, 0.1) is 5.92 Å². The first-order chi connectivity index (χ1) is 10.7. The average molecular weight is 298 g/mol.